The molecule has 0 saturated heterocycles. The molecule has 0 aliphatic heterocycles. The van der Waals surface area contributed by atoms with E-state index in [2.05, 4.69) is 14.5 Å². The van der Waals surface area contributed by atoms with E-state index in [-0.39, 0.29) is 18.1 Å². The average molecular weight is 281 g/mol. The Morgan fingerprint density at radius 2 is 2.11 bits per heavy atom. The smallest absolute Gasteiger partial charge is 0.356 e. The van der Waals surface area contributed by atoms with E-state index >= 15 is 0 Å². The highest BCUT2D eigenvalue weighted by Gasteiger charge is 2.41. The van der Waals surface area contributed by atoms with Gasteiger partial charge in [-0.25, -0.2) is 18.6 Å². The second-order valence-electron chi connectivity index (χ2n) is 3.45. The van der Waals surface area contributed by atoms with Crippen LogP contribution in [0, 0.1) is 0 Å². The molecule has 0 unspecified atom stereocenters. The molecule has 4 nitrogen and oxygen atoms in total. The zero-order valence-corrected chi connectivity index (χ0v) is 9.91. The fourth-order valence-electron chi connectivity index (χ4n) is 1.03. The first-order chi connectivity index (χ1) is 8.86. The Labute approximate surface area is 106 Å². The molecular weight excluding hydrogens is 270 g/mol. The number of rotatable bonds is 6. The third-order valence-electron chi connectivity index (χ3n) is 1.97. The lowest BCUT2D eigenvalue weighted by Gasteiger charge is -2.15. The Morgan fingerprint density at radius 3 is 2.58 bits per heavy atom. The van der Waals surface area contributed by atoms with Crippen molar-refractivity contribution in [3.8, 4) is 5.75 Å². The van der Waals surface area contributed by atoms with E-state index in [9.17, 15) is 22.4 Å². The number of ether oxygens (including phenoxy) is 2. The molecule has 0 bridgehead atoms. The maximum atomic E-state index is 12.6. The van der Waals surface area contributed by atoms with Crippen LogP contribution in [0.15, 0.2) is 18.3 Å². The highest BCUT2D eigenvalue weighted by molar-refractivity contribution is 5.87. The van der Waals surface area contributed by atoms with Gasteiger partial charge in [0.15, 0.2) is 6.61 Å². The summed E-state index contributed by atoms with van der Waals surface area (Å²) in [5, 5.41) is 0. The van der Waals surface area contributed by atoms with Crippen molar-refractivity contribution in [3.63, 3.8) is 0 Å². The zero-order valence-electron chi connectivity index (χ0n) is 9.91. The van der Waals surface area contributed by atoms with Crippen molar-refractivity contribution in [3.05, 3.63) is 24.0 Å². The van der Waals surface area contributed by atoms with Gasteiger partial charge in [-0.2, -0.15) is 8.78 Å². The fraction of sp³-hybridized carbons (Fsp3) is 0.455. The Balaban J connectivity index is 2.60. The van der Waals surface area contributed by atoms with Gasteiger partial charge in [0.05, 0.1) is 12.8 Å². The van der Waals surface area contributed by atoms with Crippen LogP contribution in [0.4, 0.5) is 17.6 Å². The van der Waals surface area contributed by atoms with E-state index in [1.54, 1.807) is 6.92 Å². The SMILES string of the molecule is CCOC(=O)c1ccc(OCC(F)(F)C(F)F)cn1. The van der Waals surface area contributed by atoms with Crippen molar-refractivity contribution in [2.45, 2.75) is 19.3 Å². The molecule has 0 aliphatic rings. The second-order valence-corrected chi connectivity index (χ2v) is 3.45. The number of alkyl halides is 4. The van der Waals surface area contributed by atoms with Gasteiger partial charge in [-0.3, -0.25) is 0 Å². The Hall–Kier alpha value is -1.86. The largest absolute Gasteiger partial charge is 0.485 e. The molecule has 0 aromatic carbocycles. The van der Waals surface area contributed by atoms with Crippen LogP contribution in [0.3, 0.4) is 0 Å². The summed E-state index contributed by atoms with van der Waals surface area (Å²) in [6.07, 6.45) is -2.83. The first-order valence-corrected chi connectivity index (χ1v) is 5.28. The van der Waals surface area contributed by atoms with E-state index in [0.29, 0.717) is 0 Å². The van der Waals surface area contributed by atoms with Gasteiger partial charge in [-0.1, -0.05) is 0 Å². The number of carbonyl (C=O) groups excluding carboxylic acids is 1. The zero-order chi connectivity index (χ0) is 14.5. The van der Waals surface area contributed by atoms with Crippen molar-refractivity contribution in [1.82, 2.24) is 4.98 Å². The summed E-state index contributed by atoms with van der Waals surface area (Å²) in [5.41, 5.74) is -0.0326. The standard InChI is InChI=1S/C11H11F4NO3/c1-2-18-9(17)8-4-3-7(5-16-8)19-6-11(14,15)10(12)13/h3-5,10H,2,6H2,1H3. The molecule has 0 N–H and O–H groups in total. The van der Waals surface area contributed by atoms with E-state index in [1.807, 2.05) is 0 Å². The maximum Gasteiger partial charge on any atom is 0.356 e. The molecule has 0 radical (unpaired) electrons. The molecule has 0 amide bonds. The third-order valence-corrected chi connectivity index (χ3v) is 1.97. The molecule has 0 saturated carbocycles. The molecule has 1 rings (SSSR count). The number of pyridine rings is 1. The lowest BCUT2D eigenvalue weighted by Crippen LogP contribution is -2.33. The van der Waals surface area contributed by atoms with Gasteiger partial charge in [-0.05, 0) is 19.1 Å². The molecule has 8 heteroatoms. The quantitative estimate of drug-likeness (QED) is 0.594. The number of hydrogen-bond acceptors (Lipinski definition) is 4. The van der Waals surface area contributed by atoms with Crippen molar-refractivity contribution in [2.75, 3.05) is 13.2 Å². The molecule has 0 fully saturated rings. The maximum absolute atomic E-state index is 12.6. The minimum atomic E-state index is -4.24. The molecule has 1 aromatic rings. The summed E-state index contributed by atoms with van der Waals surface area (Å²) in [7, 11) is 0. The summed E-state index contributed by atoms with van der Waals surface area (Å²) < 4.78 is 58.0. The molecule has 0 spiro atoms. The van der Waals surface area contributed by atoms with Gasteiger partial charge < -0.3 is 9.47 Å². The van der Waals surface area contributed by atoms with Gasteiger partial charge >= 0.3 is 18.3 Å². The van der Waals surface area contributed by atoms with Crippen LogP contribution in [0.25, 0.3) is 0 Å². The average Bonchev–Trinajstić information content (AvgIpc) is 2.37. The van der Waals surface area contributed by atoms with E-state index in [4.69, 9.17) is 0 Å². The fourth-order valence-corrected chi connectivity index (χ4v) is 1.03. The normalized spacial score (nSPS) is 11.5. The number of nitrogens with zero attached hydrogens (tertiary/aromatic N) is 1. The molecule has 1 heterocycles. The highest BCUT2D eigenvalue weighted by Crippen LogP contribution is 2.24. The van der Waals surface area contributed by atoms with Crippen molar-refractivity contribution >= 4 is 5.97 Å². The minimum Gasteiger partial charge on any atom is -0.485 e. The topological polar surface area (TPSA) is 48.4 Å². The highest BCUT2D eigenvalue weighted by atomic mass is 19.3. The van der Waals surface area contributed by atoms with E-state index in [1.165, 1.54) is 12.1 Å². The lowest BCUT2D eigenvalue weighted by molar-refractivity contribution is -0.148. The van der Waals surface area contributed by atoms with Gasteiger partial charge in [0.1, 0.15) is 11.4 Å². The van der Waals surface area contributed by atoms with Gasteiger partial charge in [0.2, 0.25) is 0 Å². The van der Waals surface area contributed by atoms with Crippen LogP contribution in [0.1, 0.15) is 17.4 Å². The third kappa shape index (κ3) is 4.38. The van der Waals surface area contributed by atoms with E-state index in [0.717, 1.165) is 6.20 Å². The molecular formula is C11H11F4NO3. The first-order valence-electron chi connectivity index (χ1n) is 5.28. The number of carbonyl (C=O) groups is 1. The Morgan fingerprint density at radius 1 is 1.42 bits per heavy atom. The van der Waals surface area contributed by atoms with Gasteiger partial charge in [0.25, 0.3) is 0 Å². The summed E-state index contributed by atoms with van der Waals surface area (Å²) in [5.74, 6) is -5.06. The predicted octanol–water partition coefficient (Wildman–Crippen LogP) is 2.54. The molecule has 1 aromatic heterocycles. The van der Waals surface area contributed by atoms with Crippen LogP contribution in [0.2, 0.25) is 0 Å². The van der Waals surface area contributed by atoms with Crippen LogP contribution >= 0.6 is 0 Å². The summed E-state index contributed by atoms with van der Waals surface area (Å²) in [6, 6.07) is 2.36. The molecule has 0 aliphatic carbocycles. The first kappa shape index (κ1) is 15.2. The molecule has 19 heavy (non-hydrogen) atoms. The predicted molar refractivity (Wildman–Crippen MR) is 56.6 cm³/mol. The summed E-state index contributed by atoms with van der Waals surface area (Å²) >= 11 is 0. The van der Waals surface area contributed by atoms with E-state index < -0.39 is 24.9 Å². The summed E-state index contributed by atoms with van der Waals surface area (Å²) in [4.78, 5) is 14.8. The minimum absolute atomic E-state index is 0.0326. The Kier molecular flexibility index (Phi) is 5.08. The summed E-state index contributed by atoms with van der Waals surface area (Å²) in [6.45, 7) is 0.312. The lowest BCUT2D eigenvalue weighted by atomic mass is 10.3. The number of esters is 1. The Bertz CT molecular complexity index is 422. The van der Waals surface area contributed by atoms with Crippen molar-refractivity contribution in [1.29, 1.82) is 0 Å². The van der Waals surface area contributed by atoms with Crippen molar-refractivity contribution < 1.29 is 31.8 Å². The second kappa shape index (κ2) is 6.35. The van der Waals surface area contributed by atoms with Crippen molar-refractivity contribution in [2.24, 2.45) is 0 Å². The number of aromatic nitrogens is 1. The monoisotopic (exact) mass is 281 g/mol. The molecule has 106 valence electrons. The van der Waals surface area contributed by atoms with Crippen LogP contribution < -0.4 is 4.74 Å². The van der Waals surface area contributed by atoms with Crippen LogP contribution in [-0.2, 0) is 4.74 Å². The number of hydrogen-bond donors (Lipinski definition) is 0. The van der Waals surface area contributed by atoms with Crippen LogP contribution in [0.5, 0.6) is 5.75 Å². The van der Waals surface area contributed by atoms with Gasteiger partial charge in [0, 0.05) is 0 Å². The van der Waals surface area contributed by atoms with Crippen LogP contribution in [-0.4, -0.2) is 36.5 Å². The molecule has 0 atom stereocenters. The number of halogens is 4. The van der Waals surface area contributed by atoms with Gasteiger partial charge in [-0.15, -0.1) is 0 Å².